The SMILES string of the molecule is C=CCn1c(SCc2cccc(Cl)c2)nnc1C1CCN(CC(C)C)CC1. The van der Waals surface area contributed by atoms with Crippen molar-refractivity contribution in [2.45, 2.75) is 50.1 Å². The van der Waals surface area contributed by atoms with E-state index in [1.807, 2.05) is 24.3 Å². The highest BCUT2D eigenvalue weighted by Crippen LogP contribution is 2.31. The van der Waals surface area contributed by atoms with Crippen LogP contribution in [0.4, 0.5) is 0 Å². The fraction of sp³-hybridized carbons (Fsp3) is 0.524. The largest absolute Gasteiger partial charge is 0.303 e. The maximum Gasteiger partial charge on any atom is 0.191 e. The van der Waals surface area contributed by atoms with Gasteiger partial charge in [0.2, 0.25) is 0 Å². The number of thioether (sulfide) groups is 1. The lowest BCUT2D eigenvalue weighted by Crippen LogP contribution is -2.36. The van der Waals surface area contributed by atoms with Crippen LogP contribution in [-0.2, 0) is 12.3 Å². The molecule has 6 heteroatoms. The Morgan fingerprint density at radius 2 is 2.07 bits per heavy atom. The van der Waals surface area contributed by atoms with Crippen LogP contribution in [0.2, 0.25) is 5.02 Å². The summed E-state index contributed by atoms with van der Waals surface area (Å²) in [5.41, 5.74) is 1.20. The number of nitrogens with zero attached hydrogens (tertiary/aromatic N) is 4. The molecule has 4 nitrogen and oxygen atoms in total. The van der Waals surface area contributed by atoms with Crippen molar-refractivity contribution in [3.05, 3.63) is 53.3 Å². The highest BCUT2D eigenvalue weighted by Gasteiger charge is 2.26. The summed E-state index contributed by atoms with van der Waals surface area (Å²) in [6, 6.07) is 8.00. The number of piperidine rings is 1. The Morgan fingerprint density at radius 1 is 1.30 bits per heavy atom. The van der Waals surface area contributed by atoms with Crippen LogP contribution >= 0.6 is 23.4 Å². The number of hydrogen-bond acceptors (Lipinski definition) is 4. The normalized spacial score (nSPS) is 16.1. The van der Waals surface area contributed by atoms with E-state index in [2.05, 4.69) is 46.2 Å². The van der Waals surface area contributed by atoms with E-state index in [1.54, 1.807) is 11.8 Å². The van der Waals surface area contributed by atoms with E-state index < -0.39 is 0 Å². The second kappa shape index (κ2) is 9.76. The summed E-state index contributed by atoms with van der Waals surface area (Å²) in [7, 11) is 0. The number of allylic oxidation sites excluding steroid dienone is 1. The van der Waals surface area contributed by atoms with Gasteiger partial charge in [-0.15, -0.1) is 16.8 Å². The van der Waals surface area contributed by atoms with Crippen molar-refractivity contribution in [2.75, 3.05) is 19.6 Å². The minimum absolute atomic E-state index is 0.487. The number of halogens is 1. The predicted octanol–water partition coefficient (Wildman–Crippen LogP) is 5.25. The molecule has 2 aromatic rings. The van der Waals surface area contributed by atoms with E-state index in [0.717, 1.165) is 60.2 Å². The topological polar surface area (TPSA) is 34.0 Å². The molecule has 0 N–H and O–H groups in total. The van der Waals surface area contributed by atoms with Crippen molar-refractivity contribution in [3.63, 3.8) is 0 Å². The van der Waals surface area contributed by atoms with Crippen LogP contribution in [0.3, 0.4) is 0 Å². The van der Waals surface area contributed by atoms with Crippen molar-refractivity contribution in [2.24, 2.45) is 5.92 Å². The van der Waals surface area contributed by atoms with Gasteiger partial charge in [-0.1, -0.05) is 55.4 Å². The lowest BCUT2D eigenvalue weighted by molar-refractivity contribution is 0.188. The third-order valence-corrected chi connectivity index (χ3v) is 6.16. The molecule has 0 spiro atoms. The van der Waals surface area contributed by atoms with Crippen LogP contribution in [0.5, 0.6) is 0 Å². The quantitative estimate of drug-likeness (QED) is 0.444. The molecule has 0 saturated carbocycles. The van der Waals surface area contributed by atoms with Crippen LogP contribution in [-0.4, -0.2) is 39.3 Å². The van der Waals surface area contributed by atoms with Gasteiger partial charge in [-0.2, -0.15) is 0 Å². The first-order valence-electron chi connectivity index (χ1n) is 9.70. The number of likely N-dealkylation sites (tertiary alicyclic amines) is 1. The lowest BCUT2D eigenvalue weighted by Gasteiger charge is -2.32. The van der Waals surface area contributed by atoms with E-state index in [4.69, 9.17) is 11.6 Å². The number of benzene rings is 1. The van der Waals surface area contributed by atoms with Gasteiger partial charge in [-0.25, -0.2) is 0 Å². The van der Waals surface area contributed by atoms with Gasteiger partial charge in [0.25, 0.3) is 0 Å². The number of aromatic nitrogens is 3. The summed E-state index contributed by atoms with van der Waals surface area (Å²) >= 11 is 7.81. The molecule has 0 amide bonds. The third kappa shape index (κ3) is 5.59. The molecule has 1 saturated heterocycles. The Bertz CT molecular complexity index is 750. The van der Waals surface area contributed by atoms with Crippen LogP contribution in [0.1, 0.15) is 44.0 Å². The molecule has 1 fully saturated rings. The Morgan fingerprint density at radius 3 is 2.74 bits per heavy atom. The summed E-state index contributed by atoms with van der Waals surface area (Å²) in [5.74, 6) is 3.16. The summed E-state index contributed by atoms with van der Waals surface area (Å²) in [4.78, 5) is 2.57. The van der Waals surface area contributed by atoms with E-state index in [1.165, 1.54) is 12.1 Å². The third-order valence-electron chi connectivity index (χ3n) is 4.89. The average Bonchev–Trinajstić information content (AvgIpc) is 3.03. The Hall–Kier alpha value is -1.30. The molecule has 0 aliphatic carbocycles. The van der Waals surface area contributed by atoms with Gasteiger partial charge in [0, 0.05) is 29.8 Å². The molecule has 3 rings (SSSR count). The summed E-state index contributed by atoms with van der Waals surface area (Å²) in [5, 5.41) is 10.8. The van der Waals surface area contributed by atoms with Gasteiger partial charge < -0.3 is 9.47 Å². The number of rotatable bonds is 8. The van der Waals surface area contributed by atoms with Crippen molar-refractivity contribution in [1.82, 2.24) is 19.7 Å². The molecule has 2 heterocycles. The molecular weight excluding hydrogens is 376 g/mol. The van der Waals surface area contributed by atoms with Gasteiger partial charge in [0.15, 0.2) is 5.16 Å². The van der Waals surface area contributed by atoms with E-state index in [9.17, 15) is 0 Å². The van der Waals surface area contributed by atoms with Crippen LogP contribution in [0.25, 0.3) is 0 Å². The van der Waals surface area contributed by atoms with E-state index in [0.29, 0.717) is 5.92 Å². The first-order valence-corrected chi connectivity index (χ1v) is 11.1. The van der Waals surface area contributed by atoms with Gasteiger partial charge in [-0.05, 0) is 49.5 Å². The highest BCUT2D eigenvalue weighted by molar-refractivity contribution is 7.98. The summed E-state index contributed by atoms with van der Waals surface area (Å²) in [6.07, 6.45) is 4.24. The Balaban J connectivity index is 1.67. The maximum atomic E-state index is 6.10. The molecule has 0 bridgehead atoms. The second-order valence-corrected chi connectivity index (χ2v) is 9.01. The first-order chi connectivity index (χ1) is 13.1. The van der Waals surface area contributed by atoms with Crippen molar-refractivity contribution >= 4 is 23.4 Å². The zero-order chi connectivity index (χ0) is 19.2. The predicted molar refractivity (Wildman–Crippen MR) is 114 cm³/mol. The van der Waals surface area contributed by atoms with Gasteiger partial charge in [0.05, 0.1) is 0 Å². The lowest BCUT2D eigenvalue weighted by atomic mass is 9.95. The summed E-state index contributed by atoms with van der Waals surface area (Å²) in [6.45, 7) is 12.7. The first kappa shape index (κ1) is 20.4. The molecule has 1 aromatic carbocycles. The fourth-order valence-corrected chi connectivity index (χ4v) is 4.78. The molecule has 27 heavy (non-hydrogen) atoms. The molecule has 146 valence electrons. The Kier molecular flexibility index (Phi) is 7.39. The van der Waals surface area contributed by atoms with Crippen molar-refractivity contribution < 1.29 is 0 Å². The molecule has 1 aliphatic heterocycles. The van der Waals surface area contributed by atoms with Crippen molar-refractivity contribution in [3.8, 4) is 0 Å². The minimum Gasteiger partial charge on any atom is -0.303 e. The highest BCUT2D eigenvalue weighted by atomic mass is 35.5. The average molecular weight is 405 g/mol. The molecular formula is C21H29ClN4S. The summed E-state index contributed by atoms with van der Waals surface area (Å²) < 4.78 is 2.24. The molecule has 1 aromatic heterocycles. The fourth-order valence-electron chi connectivity index (χ4n) is 3.67. The van der Waals surface area contributed by atoms with E-state index >= 15 is 0 Å². The smallest absolute Gasteiger partial charge is 0.191 e. The zero-order valence-corrected chi connectivity index (χ0v) is 17.8. The molecule has 0 atom stereocenters. The zero-order valence-electron chi connectivity index (χ0n) is 16.3. The monoisotopic (exact) mass is 404 g/mol. The molecule has 1 aliphatic rings. The van der Waals surface area contributed by atoms with Gasteiger partial charge in [0.1, 0.15) is 5.82 Å². The maximum absolute atomic E-state index is 6.10. The second-order valence-electron chi connectivity index (χ2n) is 7.63. The van der Waals surface area contributed by atoms with Crippen LogP contribution in [0.15, 0.2) is 42.1 Å². The van der Waals surface area contributed by atoms with Crippen LogP contribution < -0.4 is 0 Å². The minimum atomic E-state index is 0.487. The van der Waals surface area contributed by atoms with Crippen LogP contribution in [0, 0.1) is 5.92 Å². The number of hydrogen-bond donors (Lipinski definition) is 0. The molecule has 0 unspecified atom stereocenters. The van der Waals surface area contributed by atoms with Crippen molar-refractivity contribution in [1.29, 1.82) is 0 Å². The Labute approximate surface area is 172 Å². The standard InChI is InChI=1S/C21H29ClN4S/c1-4-10-26-20(18-8-11-25(12-9-18)14-16(2)3)23-24-21(26)27-15-17-6-5-7-19(22)13-17/h4-7,13,16,18H,1,8-12,14-15H2,2-3H3. The molecule has 0 radical (unpaired) electrons. The van der Waals surface area contributed by atoms with Gasteiger partial charge in [-0.3, -0.25) is 0 Å². The van der Waals surface area contributed by atoms with Gasteiger partial charge >= 0.3 is 0 Å². The van der Waals surface area contributed by atoms with E-state index in [-0.39, 0.29) is 0 Å².